The van der Waals surface area contributed by atoms with Gasteiger partial charge in [-0.3, -0.25) is 9.59 Å². The fourth-order valence-electron chi connectivity index (χ4n) is 1.65. The number of nitrogens with one attached hydrogen (secondary N) is 1. The molecular weight excluding hydrogens is 282 g/mol. The highest BCUT2D eigenvalue weighted by molar-refractivity contribution is 7.99. The Bertz CT molecular complexity index is 488. The van der Waals surface area contributed by atoms with Crippen LogP contribution >= 0.6 is 11.8 Å². The summed E-state index contributed by atoms with van der Waals surface area (Å²) in [4.78, 5) is 22.5. The van der Waals surface area contributed by atoms with Crippen LogP contribution < -0.4 is 5.32 Å². The van der Waals surface area contributed by atoms with Gasteiger partial charge in [-0.15, -0.1) is 5.10 Å². The Morgan fingerprint density at radius 1 is 1.55 bits per heavy atom. The topological polar surface area (TPSA) is 110 Å². The van der Waals surface area contributed by atoms with Crippen LogP contribution in [0.4, 0.5) is 0 Å². The first-order valence-corrected chi connectivity index (χ1v) is 7.50. The molecule has 0 radical (unpaired) electrons. The third-order valence-electron chi connectivity index (χ3n) is 3.08. The molecule has 2 rings (SSSR count). The quantitative estimate of drug-likeness (QED) is 0.665. The van der Waals surface area contributed by atoms with Crippen LogP contribution in [0.2, 0.25) is 0 Å². The molecule has 8 nitrogen and oxygen atoms in total. The molecule has 0 aliphatic heterocycles. The van der Waals surface area contributed by atoms with Crippen LogP contribution in [0, 0.1) is 5.92 Å². The minimum absolute atomic E-state index is 0.152. The summed E-state index contributed by atoms with van der Waals surface area (Å²) in [7, 11) is 0. The van der Waals surface area contributed by atoms with Gasteiger partial charge in [0.2, 0.25) is 11.1 Å². The zero-order valence-electron chi connectivity index (χ0n) is 11.2. The Kier molecular flexibility index (Phi) is 4.94. The summed E-state index contributed by atoms with van der Waals surface area (Å²) in [5.41, 5.74) is 0. The van der Waals surface area contributed by atoms with Gasteiger partial charge in [0.1, 0.15) is 0 Å². The number of carbonyl (C=O) groups excluding carboxylic acids is 1. The number of carboxylic acids is 1. The number of aliphatic carboxylic acids is 1. The molecule has 1 fully saturated rings. The fraction of sp³-hybridized carbons (Fsp3) is 0.727. The van der Waals surface area contributed by atoms with Crippen LogP contribution in [-0.4, -0.2) is 49.5 Å². The molecule has 1 aromatic rings. The van der Waals surface area contributed by atoms with Gasteiger partial charge in [-0.05, 0) is 29.7 Å². The van der Waals surface area contributed by atoms with Crippen LogP contribution in [0.15, 0.2) is 5.16 Å². The summed E-state index contributed by atoms with van der Waals surface area (Å²) in [5.74, 6) is -1.46. The van der Waals surface area contributed by atoms with Crippen molar-refractivity contribution in [3.8, 4) is 0 Å². The molecule has 1 aliphatic rings. The summed E-state index contributed by atoms with van der Waals surface area (Å²) in [6.07, 6.45) is 2.63. The number of tetrazole rings is 1. The lowest BCUT2D eigenvalue weighted by Crippen LogP contribution is -2.33. The van der Waals surface area contributed by atoms with Crippen molar-refractivity contribution in [2.45, 2.75) is 37.4 Å². The second kappa shape index (κ2) is 6.69. The first-order valence-electron chi connectivity index (χ1n) is 6.52. The number of rotatable bonds is 8. The summed E-state index contributed by atoms with van der Waals surface area (Å²) >= 11 is 1.27. The second-order valence-electron chi connectivity index (χ2n) is 4.67. The maximum absolute atomic E-state index is 11.7. The fourth-order valence-corrected chi connectivity index (χ4v) is 2.43. The van der Waals surface area contributed by atoms with Crippen molar-refractivity contribution in [3.05, 3.63) is 0 Å². The molecule has 2 N–H and O–H groups in total. The Hall–Kier alpha value is -1.64. The van der Waals surface area contributed by atoms with Crippen molar-refractivity contribution >= 4 is 23.6 Å². The number of carboxylic acid groups (broad SMARTS) is 1. The van der Waals surface area contributed by atoms with E-state index in [-0.39, 0.29) is 18.2 Å². The standard InChI is InChI=1S/C11H17N5O3S/c1-2-7(10(18)19)5-12-9(17)6-20-11-13-14-15-16(11)8-3-4-8/h7-8H,2-6H2,1H3,(H,12,17)(H,18,19). The molecule has 9 heteroatoms. The summed E-state index contributed by atoms with van der Waals surface area (Å²) in [6, 6.07) is 0.368. The largest absolute Gasteiger partial charge is 0.481 e. The van der Waals surface area contributed by atoms with Crippen molar-refractivity contribution < 1.29 is 14.7 Å². The van der Waals surface area contributed by atoms with Crippen LogP contribution in [0.3, 0.4) is 0 Å². The van der Waals surface area contributed by atoms with Gasteiger partial charge in [0.05, 0.1) is 17.7 Å². The SMILES string of the molecule is CCC(CNC(=O)CSc1nnnn1C1CC1)C(=O)O. The molecule has 0 aromatic carbocycles. The Balaban J connectivity index is 1.74. The highest BCUT2D eigenvalue weighted by Gasteiger charge is 2.28. The Morgan fingerprint density at radius 3 is 2.90 bits per heavy atom. The predicted molar refractivity (Wildman–Crippen MR) is 71.2 cm³/mol. The molecule has 0 saturated heterocycles. The summed E-state index contributed by atoms with van der Waals surface area (Å²) in [5, 5.41) is 23.5. The average Bonchev–Trinajstić information content (AvgIpc) is 3.15. The van der Waals surface area contributed by atoms with E-state index in [1.807, 2.05) is 0 Å². The lowest BCUT2D eigenvalue weighted by atomic mass is 10.1. The van der Waals surface area contributed by atoms with Gasteiger partial charge in [-0.1, -0.05) is 18.7 Å². The average molecular weight is 299 g/mol. The van der Waals surface area contributed by atoms with E-state index in [9.17, 15) is 9.59 Å². The van der Waals surface area contributed by atoms with Crippen molar-refractivity contribution in [3.63, 3.8) is 0 Å². The Morgan fingerprint density at radius 2 is 2.30 bits per heavy atom. The number of aromatic nitrogens is 4. The molecule has 1 aliphatic carbocycles. The van der Waals surface area contributed by atoms with Crippen molar-refractivity contribution in [2.24, 2.45) is 5.92 Å². The summed E-state index contributed by atoms with van der Waals surface area (Å²) in [6.45, 7) is 1.93. The van der Waals surface area contributed by atoms with Gasteiger partial charge >= 0.3 is 5.97 Å². The third-order valence-corrected chi connectivity index (χ3v) is 4.01. The van der Waals surface area contributed by atoms with Crippen molar-refractivity contribution in [2.75, 3.05) is 12.3 Å². The zero-order chi connectivity index (χ0) is 14.5. The van der Waals surface area contributed by atoms with Gasteiger partial charge in [0, 0.05) is 6.54 Å². The zero-order valence-corrected chi connectivity index (χ0v) is 12.0. The highest BCUT2D eigenvalue weighted by Crippen LogP contribution is 2.36. The molecule has 0 spiro atoms. The molecule has 1 saturated carbocycles. The normalized spacial score (nSPS) is 15.8. The third kappa shape index (κ3) is 3.92. The molecule has 1 heterocycles. The number of nitrogens with zero attached hydrogens (tertiary/aromatic N) is 4. The van der Waals surface area contributed by atoms with Crippen molar-refractivity contribution in [1.82, 2.24) is 25.5 Å². The van der Waals surface area contributed by atoms with Gasteiger partial charge in [0.15, 0.2) is 0 Å². The molecule has 1 amide bonds. The monoisotopic (exact) mass is 299 g/mol. The van der Waals surface area contributed by atoms with E-state index in [0.29, 0.717) is 17.6 Å². The van der Waals surface area contributed by atoms with Crippen molar-refractivity contribution in [1.29, 1.82) is 0 Å². The molecular formula is C11H17N5O3S. The van der Waals surface area contributed by atoms with E-state index in [1.54, 1.807) is 11.6 Å². The number of hydrogen-bond acceptors (Lipinski definition) is 6. The van der Waals surface area contributed by atoms with E-state index < -0.39 is 11.9 Å². The minimum atomic E-state index is -0.891. The van der Waals surface area contributed by atoms with Crippen LogP contribution in [-0.2, 0) is 9.59 Å². The van der Waals surface area contributed by atoms with E-state index in [4.69, 9.17) is 5.11 Å². The number of hydrogen-bond donors (Lipinski definition) is 2. The molecule has 0 bridgehead atoms. The smallest absolute Gasteiger partial charge is 0.308 e. The molecule has 110 valence electrons. The van der Waals surface area contributed by atoms with E-state index in [0.717, 1.165) is 12.8 Å². The van der Waals surface area contributed by atoms with Gasteiger partial charge < -0.3 is 10.4 Å². The van der Waals surface area contributed by atoms with E-state index in [2.05, 4.69) is 20.8 Å². The van der Waals surface area contributed by atoms with Crippen LogP contribution in [0.1, 0.15) is 32.2 Å². The first kappa shape index (κ1) is 14.8. The Labute approximate surface area is 120 Å². The molecule has 1 atom stereocenters. The maximum Gasteiger partial charge on any atom is 0.308 e. The first-order chi connectivity index (χ1) is 9.61. The minimum Gasteiger partial charge on any atom is -0.481 e. The summed E-state index contributed by atoms with van der Waals surface area (Å²) < 4.78 is 1.74. The number of carbonyl (C=O) groups is 2. The van der Waals surface area contributed by atoms with Gasteiger partial charge in [-0.25, -0.2) is 4.68 Å². The van der Waals surface area contributed by atoms with Crippen LogP contribution in [0.25, 0.3) is 0 Å². The number of thioether (sulfide) groups is 1. The van der Waals surface area contributed by atoms with Gasteiger partial charge in [0.25, 0.3) is 0 Å². The van der Waals surface area contributed by atoms with Gasteiger partial charge in [-0.2, -0.15) is 0 Å². The van der Waals surface area contributed by atoms with E-state index >= 15 is 0 Å². The lowest BCUT2D eigenvalue weighted by molar-refractivity contribution is -0.141. The molecule has 20 heavy (non-hydrogen) atoms. The second-order valence-corrected chi connectivity index (χ2v) is 5.62. The highest BCUT2D eigenvalue weighted by atomic mass is 32.2. The van der Waals surface area contributed by atoms with E-state index in [1.165, 1.54) is 11.8 Å². The maximum atomic E-state index is 11.7. The predicted octanol–water partition coefficient (Wildman–Crippen LogP) is 0.327. The molecule has 1 aromatic heterocycles. The lowest BCUT2D eigenvalue weighted by Gasteiger charge is -2.10. The molecule has 1 unspecified atom stereocenters. The van der Waals surface area contributed by atoms with Crippen LogP contribution in [0.5, 0.6) is 0 Å². The number of amides is 1.